The number of rotatable bonds is 2. The van der Waals surface area contributed by atoms with Crippen LogP contribution in [0.1, 0.15) is 33.6 Å². The Morgan fingerprint density at radius 2 is 1.79 bits per heavy atom. The van der Waals surface area contributed by atoms with Gasteiger partial charge in [0, 0.05) is 24.2 Å². The summed E-state index contributed by atoms with van der Waals surface area (Å²) in [6.07, 6.45) is -3.23. The Kier molecular flexibility index (Phi) is 5.08. The third-order valence-electron chi connectivity index (χ3n) is 3.49. The molecule has 2 amide bonds. The van der Waals surface area contributed by atoms with Crippen LogP contribution in [0.2, 0.25) is 0 Å². The molecule has 132 valence electrons. The fourth-order valence-electron chi connectivity index (χ4n) is 2.55. The summed E-state index contributed by atoms with van der Waals surface area (Å²) in [5.74, 6) is -0.329. The van der Waals surface area contributed by atoms with Crippen molar-refractivity contribution >= 4 is 28.9 Å². The van der Waals surface area contributed by atoms with Crippen LogP contribution >= 0.6 is 12.2 Å². The molecule has 2 rings (SSSR count). The second-order valence-corrected chi connectivity index (χ2v) is 6.95. The van der Waals surface area contributed by atoms with E-state index in [9.17, 15) is 18.0 Å². The molecule has 0 radical (unpaired) electrons. The lowest BCUT2D eigenvalue weighted by atomic mass is 10.1. The van der Waals surface area contributed by atoms with Gasteiger partial charge in [0.05, 0.1) is 4.99 Å². The maximum Gasteiger partial charge on any atom is 0.573 e. The summed E-state index contributed by atoms with van der Waals surface area (Å²) in [5.41, 5.74) is -0.0847. The number of urea groups is 1. The smallest absolute Gasteiger partial charge is 0.406 e. The van der Waals surface area contributed by atoms with Crippen molar-refractivity contribution in [2.24, 2.45) is 0 Å². The highest BCUT2D eigenvalue weighted by molar-refractivity contribution is 7.80. The fourth-order valence-corrected chi connectivity index (χ4v) is 2.87. The molecule has 1 aliphatic rings. The van der Waals surface area contributed by atoms with Gasteiger partial charge < -0.3 is 4.74 Å². The van der Waals surface area contributed by atoms with Crippen molar-refractivity contribution in [2.45, 2.75) is 45.5 Å². The zero-order valence-electron chi connectivity index (χ0n) is 13.7. The molecule has 0 saturated carbocycles. The van der Waals surface area contributed by atoms with Gasteiger partial charge in [-0.25, -0.2) is 4.79 Å². The average Bonchev–Trinajstić information content (AvgIpc) is 2.84. The Labute approximate surface area is 144 Å². The highest BCUT2D eigenvalue weighted by Gasteiger charge is 2.35. The summed E-state index contributed by atoms with van der Waals surface area (Å²) in [5, 5.41) is 0. The average molecular weight is 360 g/mol. The zero-order valence-corrected chi connectivity index (χ0v) is 14.5. The Balaban J connectivity index is 2.28. The van der Waals surface area contributed by atoms with Gasteiger partial charge >= 0.3 is 12.4 Å². The van der Waals surface area contributed by atoms with E-state index in [1.165, 1.54) is 29.2 Å². The highest BCUT2D eigenvalue weighted by Crippen LogP contribution is 2.30. The van der Waals surface area contributed by atoms with E-state index in [0.29, 0.717) is 23.6 Å². The van der Waals surface area contributed by atoms with Crippen molar-refractivity contribution in [1.82, 2.24) is 4.90 Å². The standard InChI is InChI=1S/C16H19F3N2O2S/c1-15(2,3)21(14(22)20-10-4-5-13(20)24)11-6-8-12(9-7-11)23-16(17,18)19/h6-9H,4-5,10H2,1-3H3. The molecule has 0 N–H and O–H groups in total. The maximum atomic E-state index is 12.9. The van der Waals surface area contributed by atoms with Gasteiger partial charge in [-0.2, -0.15) is 0 Å². The number of thiocarbonyl (C=S) groups is 1. The van der Waals surface area contributed by atoms with Crippen molar-refractivity contribution in [3.05, 3.63) is 24.3 Å². The molecular formula is C16H19F3N2O2S. The van der Waals surface area contributed by atoms with Gasteiger partial charge in [-0.1, -0.05) is 12.2 Å². The molecule has 0 aliphatic carbocycles. The van der Waals surface area contributed by atoms with Crippen LogP contribution in [-0.4, -0.2) is 34.4 Å². The topological polar surface area (TPSA) is 32.8 Å². The van der Waals surface area contributed by atoms with Gasteiger partial charge in [-0.3, -0.25) is 9.80 Å². The minimum atomic E-state index is -4.75. The summed E-state index contributed by atoms with van der Waals surface area (Å²) < 4.78 is 40.6. The second kappa shape index (κ2) is 6.58. The minimum Gasteiger partial charge on any atom is -0.406 e. The second-order valence-electron chi connectivity index (χ2n) is 6.48. The maximum absolute atomic E-state index is 12.9. The third-order valence-corrected chi connectivity index (χ3v) is 3.92. The lowest BCUT2D eigenvalue weighted by Gasteiger charge is -2.38. The van der Waals surface area contributed by atoms with Crippen LogP contribution in [0.15, 0.2) is 24.3 Å². The van der Waals surface area contributed by atoms with Crippen molar-refractivity contribution in [2.75, 3.05) is 11.4 Å². The number of halogens is 3. The molecule has 0 atom stereocenters. The number of amides is 2. The van der Waals surface area contributed by atoms with Gasteiger partial charge in [0.25, 0.3) is 0 Å². The van der Waals surface area contributed by atoms with E-state index in [0.717, 1.165) is 6.42 Å². The van der Waals surface area contributed by atoms with Crippen molar-refractivity contribution < 1.29 is 22.7 Å². The van der Waals surface area contributed by atoms with E-state index in [1.54, 1.807) is 4.90 Å². The van der Waals surface area contributed by atoms with Crippen LogP contribution in [0.25, 0.3) is 0 Å². The van der Waals surface area contributed by atoms with E-state index in [1.807, 2.05) is 20.8 Å². The molecule has 1 fully saturated rings. The Morgan fingerprint density at radius 3 is 2.21 bits per heavy atom. The number of likely N-dealkylation sites (tertiary alicyclic amines) is 1. The SMILES string of the molecule is CC(C)(C)N(C(=O)N1CCCC1=S)c1ccc(OC(F)(F)F)cc1. The van der Waals surface area contributed by atoms with Gasteiger partial charge in [-0.15, -0.1) is 13.2 Å². The van der Waals surface area contributed by atoms with Crippen molar-refractivity contribution in [1.29, 1.82) is 0 Å². The largest absolute Gasteiger partial charge is 0.573 e. The monoisotopic (exact) mass is 360 g/mol. The summed E-state index contributed by atoms with van der Waals surface area (Å²) in [6.45, 7) is 6.11. The van der Waals surface area contributed by atoms with Crippen LogP contribution in [0.4, 0.5) is 23.7 Å². The minimum absolute atomic E-state index is 0.269. The molecule has 0 bridgehead atoms. The van der Waals surface area contributed by atoms with Crippen LogP contribution in [0.5, 0.6) is 5.75 Å². The number of carbonyl (C=O) groups excluding carboxylic acids is 1. The van der Waals surface area contributed by atoms with E-state index in [4.69, 9.17) is 12.2 Å². The normalized spacial score (nSPS) is 15.6. The van der Waals surface area contributed by atoms with Gasteiger partial charge in [0.15, 0.2) is 0 Å². The van der Waals surface area contributed by atoms with E-state index in [-0.39, 0.29) is 11.8 Å². The quantitative estimate of drug-likeness (QED) is 0.715. The number of anilines is 1. The molecule has 0 spiro atoms. The van der Waals surface area contributed by atoms with Gasteiger partial charge in [-0.05, 0) is 51.5 Å². The summed E-state index contributed by atoms with van der Waals surface area (Å²) in [7, 11) is 0. The number of ether oxygens (including phenoxy) is 1. The first-order chi connectivity index (χ1) is 11.0. The number of hydrogen-bond acceptors (Lipinski definition) is 3. The van der Waals surface area contributed by atoms with E-state index in [2.05, 4.69) is 4.74 Å². The Hall–Kier alpha value is -1.83. The molecule has 1 aromatic rings. The summed E-state index contributed by atoms with van der Waals surface area (Å²) >= 11 is 5.22. The molecule has 24 heavy (non-hydrogen) atoms. The fraction of sp³-hybridized carbons (Fsp3) is 0.500. The lowest BCUT2D eigenvalue weighted by molar-refractivity contribution is -0.274. The zero-order chi connectivity index (χ0) is 18.1. The Morgan fingerprint density at radius 1 is 1.21 bits per heavy atom. The molecule has 1 aromatic carbocycles. The van der Waals surface area contributed by atoms with Crippen molar-refractivity contribution in [3.63, 3.8) is 0 Å². The molecule has 0 aromatic heterocycles. The summed E-state index contributed by atoms with van der Waals surface area (Å²) in [4.78, 5) is 16.5. The molecular weight excluding hydrogens is 341 g/mol. The number of nitrogens with zero attached hydrogens (tertiary/aromatic N) is 2. The molecule has 0 unspecified atom stereocenters. The first-order valence-electron chi connectivity index (χ1n) is 7.49. The van der Waals surface area contributed by atoms with Crippen LogP contribution in [0.3, 0.4) is 0 Å². The number of hydrogen-bond donors (Lipinski definition) is 0. The van der Waals surface area contributed by atoms with Gasteiger partial charge in [0.2, 0.25) is 0 Å². The first-order valence-corrected chi connectivity index (χ1v) is 7.90. The number of benzene rings is 1. The molecule has 1 saturated heterocycles. The van der Waals surface area contributed by atoms with Crippen molar-refractivity contribution in [3.8, 4) is 5.75 Å². The number of carbonyl (C=O) groups is 1. The predicted octanol–water partition coefficient (Wildman–Crippen LogP) is 4.73. The third kappa shape index (κ3) is 4.37. The molecule has 4 nitrogen and oxygen atoms in total. The number of alkyl halides is 3. The van der Waals surface area contributed by atoms with E-state index >= 15 is 0 Å². The molecule has 8 heteroatoms. The Bertz CT molecular complexity index is 624. The first kappa shape index (κ1) is 18.5. The lowest BCUT2D eigenvalue weighted by Crippen LogP contribution is -2.52. The molecule has 1 aliphatic heterocycles. The predicted molar refractivity (Wildman–Crippen MR) is 89.3 cm³/mol. The van der Waals surface area contributed by atoms with Crippen LogP contribution in [0, 0.1) is 0 Å². The van der Waals surface area contributed by atoms with E-state index < -0.39 is 11.9 Å². The summed E-state index contributed by atoms with van der Waals surface area (Å²) in [6, 6.07) is 4.98. The van der Waals surface area contributed by atoms with Gasteiger partial charge in [0.1, 0.15) is 5.75 Å². The van der Waals surface area contributed by atoms with Crippen LogP contribution < -0.4 is 9.64 Å². The highest BCUT2D eigenvalue weighted by atomic mass is 32.1. The van der Waals surface area contributed by atoms with Crippen LogP contribution in [-0.2, 0) is 0 Å². The molecule has 1 heterocycles.